The van der Waals surface area contributed by atoms with E-state index < -0.39 is 17.8 Å². The maximum absolute atomic E-state index is 13.3. The molecule has 0 bridgehead atoms. The van der Waals surface area contributed by atoms with E-state index >= 15 is 0 Å². The van der Waals surface area contributed by atoms with Gasteiger partial charge in [-0.15, -0.1) is 0 Å². The van der Waals surface area contributed by atoms with Gasteiger partial charge < -0.3 is 9.47 Å². The molecular weight excluding hydrogens is 468 g/mol. The molecule has 4 rings (SSSR count). The van der Waals surface area contributed by atoms with E-state index in [1.54, 1.807) is 24.3 Å². The minimum absolute atomic E-state index is 0.207. The van der Waals surface area contributed by atoms with Gasteiger partial charge in [0.25, 0.3) is 11.8 Å². The van der Waals surface area contributed by atoms with Gasteiger partial charge in [-0.1, -0.05) is 54.1 Å². The lowest BCUT2D eigenvalue weighted by molar-refractivity contribution is -0.122. The number of barbiturate groups is 1. The average Bonchev–Trinajstić information content (AvgIpc) is 2.84. The molecule has 0 aromatic heterocycles. The third-order valence-electron chi connectivity index (χ3n) is 5.71. The molecule has 0 spiro atoms. The van der Waals surface area contributed by atoms with Crippen molar-refractivity contribution in [3.63, 3.8) is 0 Å². The van der Waals surface area contributed by atoms with Crippen LogP contribution in [0.15, 0.2) is 66.2 Å². The molecule has 4 amide bonds. The van der Waals surface area contributed by atoms with Crippen molar-refractivity contribution in [3.8, 4) is 11.5 Å². The van der Waals surface area contributed by atoms with Gasteiger partial charge in [0.15, 0.2) is 11.5 Å². The van der Waals surface area contributed by atoms with Crippen molar-refractivity contribution >= 4 is 41.2 Å². The van der Waals surface area contributed by atoms with Crippen LogP contribution in [0.5, 0.6) is 11.5 Å². The number of imide groups is 2. The number of urea groups is 1. The van der Waals surface area contributed by atoms with Crippen molar-refractivity contribution in [1.29, 1.82) is 0 Å². The molecule has 0 aliphatic carbocycles. The van der Waals surface area contributed by atoms with Crippen LogP contribution >= 0.6 is 11.6 Å². The van der Waals surface area contributed by atoms with Crippen molar-refractivity contribution in [2.24, 2.45) is 0 Å². The molecule has 178 valence electrons. The quantitative estimate of drug-likeness (QED) is 0.378. The number of carbonyl (C=O) groups is 3. The van der Waals surface area contributed by atoms with Crippen molar-refractivity contribution in [2.75, 3.05) is 12.0 Å². The van der Waals surface area contributed by atoms with E-state index in [-0.39, 0.29) is 17.2 Å². The van der Waals surface area contributed by atoms with Gasteiger partial charge in [-0.3, -0.25) is 14.9 Å². The second kappa shape index (κ2) is 10.0. The summed E-state index contributed by atoms with van der Waals surface area (Å²) in [5, 5.41) is 2.49. The average molecular weight is 491 g/mol. The van der Waals surface area contributed by atoms with Gasteiger partial charge in [-0.25, -0.2) is 9.69 Å². The SMILES string of the molecule is COc1cc(/C=C2\C(=O)NC(=O)N(c3cccc(C)c3C)C2=O)cc(Cl)c1OCc1ccccc1. The second-order valence-electron chi connectivity index (χ2n) is 7.99. The summed E-state index contributed by atoms with van der Waals surface area (Å²) in [6.07, 6.45) is 1.37. The normalized spacial score (nSPS) is 14.8. The van der Waals surface area contributed by atoms with Gasteiger partial charge in [0.2, 0.25) is 0 Å². The van der Waals surface area contributed by atoms with E-state index in [0.29, 0.717) is 22.7 Å². The van der Waals surface area contributed by atoms with Crippen LogP contribution in [0.4, 0.5) is 10.5 Å². The fraction of sp³-hybridized carbons (Fsp3) is 0.148. The Morgan fingerprint density at radius 1 is 1.00 bits per heavy atom. The van der Waals surface area contributed by atoms with Crippen molar-refractivity contribution in [3.05, 3.63) is 93.5 Å². The topological polar surface area (TPSA) is 84.9 Å². The Labute approximate surface area is 207 Å². The largest absolute Gasteiger partial charge is 0.493 e. The molecular formula is C27H23ClN2O5. The number of nitrogens with one attached hydrogen (secondary N) is 1. The predicted octanol–water partition coefficient (Wildman–Crippen LogP) is 5.21. The molecule has 0 unspecified atom stereocenters. The summed E-state index contributed by atoms with van der Waals surface area (Å²) in [5.74, 6) is -0.841. The molecule has 7 nitrogen and oxygen atoms in total. The molecule has 1 aliphatic heterocycles. The Morgan fingerprint density at radius 3 is 2.46 bits per heavy atom. The highest BCUT2D eigenvalue weighted by molar-refractivity contribution is 6.39. The zero-order valence-electron chi connectivity index (χ0n) is 19.4. The van der Waals surface area contributed by atoms with Crippen LogP contribution in [0, 0.1) is 13.8 Å². The molecule has 1 N–H and O–H groups in total. The first-order valence-corrected chi connectivity index (χ1v) is 11.2. The molecule has 1 saturated heterocycles. The number of ether oxygens (including phenoxy) is 2. The number of anilines is 1. The van der Waals surface area contributed by atoms with E-state index in [1.807, 2.05) is 50.2 Å². The van der Waals surface area contributed by atoms with Gasteiger partial charge in [0.05, 0.1) is 17.8 Å². The zero-order valence-corrected chi connectivity index (χ0v) is 20.2. The second-order valence-corrected chi connectivity index (χ2v) is 8.39. The van der Waals surface area contributed by atoms with Gasteiger partial charge in [0, 0.05) is 0 Å². The Bertz CT molecular complexity index is 1350. The maximum Gasteiger partial charge on any atom is 0.335 e. The molecule has 0 atom stereocenters. The lowest BCUT2D eigenvalue weighted by atomic mass is 10.0. The van der Waals surface area contributed by atoms with Crippen LogP contribution in [0.3, 0.4) is 0 Å². The van der Waals surface area contributed by atoms with Crippen LogP contribution in [0.2, 0.25) is 5.02 Å². The number of carbonyl (C=O) groups excluding carboxylic acids is 3. The predicted molar refractivity (Wildman–Crippen MR) is 134 cm³/mol. The summed E-state index contributed by atoms with van der Waals surface area (Å²) in [7, 11) is 1.47. The first-order chi connectivity index (χ1) is 16.8. The smallest absolute Gasteiger partial charge is 0.335 e. The molecule has 1 fully saturated rings. The van der Waals surface area contributed by atoms with Crippen molar-refractivity contribution < 1.29 is 23.9 Å². The third-order valence-corrected chi connectivity index (χ3v) is 5.99. The minimum atomic E-state index is -0.800. The number of methoxy groups -OCH3 is 1. The number of halogens is 1. The van der Waals surface area contributed by atoms with Crippen LogP contribution in [-0.2, 0) is 16.2 Å². The van der Waals surface area contributed by atoms with Gasteiger partial charge in [-0.05, 0) is 60.4 Å². The number of hydrogen-bond acceptors (Lipinski definition) is 5. The number of nitrogens with zero attached hydrogens (tertiary/aromatic N) is 1. The Kier molecular flexibility index (Phi) is 6.89. The third kappa shape index (κ3) is 4.90. The van der Waals surface area contributed by atoms with E-state index in [1.165, 1.54) is 13.2 Å². The summed E-state index contributed by atoms with van der Waals surface area (Å²) in [5.41, 5.74) is 3.26. The highest BCUT2D eigenvalue weighted by Crippen LogP contribution is 2.38. The van der Waals surface area contributed by atoms with Crippen molar-refractivity contribution in [1.82, 2.24) is 5.32 Å². The van der Waals surface area contributed by atoms with Gasteiger partial charge in [-0.2, -0.15) is 0 Å². The lowest BCUT2D eigenvalue weighted by Gasteiger charge is -2.28. The van der Waals surface area contributed by atoms with E-state index in [2.05, 4.69) is 5.32 Å². The number of benzene rings is 3. The van der Waals surface area contributed by atoms with Crippen molar-refractivity contribution in [2.45, 2.75) is 20.5 Å². The van der Waals surface area contributed by atoms with Crippen LogP contribution in [-0.4, -0.2) is 25.0 Å². The number of hydrogen-bond donors (Lipinski definition) is 1. The summed E-state index contributed by atoms with van der Waals surface area (Å²) >= 11 is 6.47. The molecule has 3 aromatic carbocycles. The van der Waals surface area contributed by atoms with Crippen LogP contribution < -0.4 is 19.7 Å². The standard InChI is InChI=1S/C27H23ClN2O5/c1-16-8-7-11-22(17(16)2)30-26(32)20(25(31)29-27(30)33)12-19-13-21(28)24(23(14-19)34-3)35-15-18-9-5-4-6-10-18/h4-14H,15H2,1-3H3,(H,29,31,33)/b20-12+. The van der Waals surface area contributed by atoms with Crippen LogP contribution in [0.1, 0.15) is 22.3 Å². The maximum atomic E-state index is 13.3. The molecule has 8 heteroatoms. The summed E-state index contributed by atoms with van der Waals surface area (Å²) < 4.78 is 11.3. The summed E-state index contributed by atoms with van der Waals surface area (Å²) in [4.78, 5) is 39.4. The Hall–Kier alpha value is -4.10. The first kappa shape index (κ1) is 24.0. The minimum Gasteiger partial charge on any atom is -0.493 e. The monoisotopic (exact) mass is 490 g/mol. The summed E-state index contributed by atoms with van der Waals surface area (Å²) in [6, 6.07) is 17.2. The molecule has 35 heavy (non-hydrogen) atoms. The lowest BCUT2D eigenvalue weighted by Crippen LogP contribution is -2.54. The molecule has 1 heterocycles. The fourth-order valence-electron chi connectivity index (χ4n) is 3.71. The fourth-order valence-corrected chi connectivity index (χ4v) is 3.99. The Balaban J connectivity index is 1.67. The van der Waals surface area contributed by atoms with E-state index in [0.717, 1.165) is 21.6 Å². The van der Waals surface area contributed by atoms with Gasteiger partial charge in [0.1, 0.15) is 12.2 Å². The zero-order chi connectivity index (χ0) is 25.1. The van der Waals surface area contributed by atoms with E-state index in [4.69, 9.17) is 21.1 Å². The van der Waals surface area contributed by atoms with E-state index in [9.17, 15) is 14.4 Å². The van der Waals surface area contributed by atoms with Gasteiger partial charge >= 0.3 is 6.03 Å². The Morgan fingerprint density at radius 2 is 1.74 bits per heavy atom. The number of aryl methyl sites for hydroxylation is 1. The number of rotatable bonds is 6. The van der Waals surface area contributed by atoms with Crippen LogP contribution in [0.25, 0.3) is 6.08 Å². The number of amides is 4. The molecule has 3 aromatic rings. The molecule has 1 aliphatic rings. The highest BCUT2D eigenvalue weighted by atomic mass is 35.5. The highest BCUT2D eigenvalue weighted by Gasteiger charge is 2.37. The first-order valence-electron chi connectivity index (χ1n) is 10.8. The molecule has 0 radical (unpaired) electrons. The molecule has 0 saturated carbocycles. The summed E-state index contributed by atoms with van der Waals surface area (Å²) in [6.45, 7) is 3.97.